The molecule has 3 aromatic rings. The summed E-state index contributed by atoms with van der Waals surface area (Å²) in [5.41, 5.74) is 7.17. The van der Waals surface area contributed by atoms with Gasteiger partial charge in [-0.2, -0.15) is 0 Å². The Labute approximate surface area is 229 Å². The van der Waals surface area contributed by atoms with Gasteiger partial charge in [-0.1, -0.05) is 43.5 Å². The lowest BCUT2D eigenvalue weighted by Gasteiger charge is -2.23. The third-order valence-electron chi connectivity index (χ3n) is 7.64. The number of rotatable bonds is 8. The first-order valence-electron chi connectivity index (χ1n) is 13.7. The van der Waals surface area contributed by atoms with Gasteiger partial charge in [0.15, 0.2) is 0 Å². The van der Waals surface area contributed by atoms with Crippen LogP contribution in [-0.4, -0.2) is 29.8 Å². The molecule has 2 amide bonds. The Balaban J connectivity index is 1.24. The third-order valence-corrected chi connectivity index (χ3v) is 7.64. The lowest BCUT2D eigenvalue weighted by Crippen LogP contribution is -2.39. The SMILES string of the molecule is Cc1cc(NC(=O)NC2CCCCC2)cc(C)c1-c1cccc(COc2ccc3c(c2)OCC3CC(=O)O)c1. The topological polar surface area (TPSA) is 96.9 Å². The van der Waals surface area contributed by atoms with Gasteiger partial charge in [-0.05, 0) is 78.8 Å². The molecule has 3 N–H and O–H groups in total. The minimum atomic E-state index is -0.826. The number of aliphatic carboxylic acids is 1. The molecule has 7 nitrogen and oxygen atoms in total. The molecule has 7 heteroatoms. The predicted molar refractivity (Wildman–Crippen MR) is 152 cm³/mol. The van der Waals surface area contributed by atoms with Crippen molar-refractivity contribution in [1.29, 1.82) is 0 Å². The number of carboxylic acid groups (broad SMARTS) is 1. The number of nitrogens with one attached hydrogen (secondary N) is 2. The van der Waals surface area contributed by atoms with Gasteiger partial charge in [-0.25, -0.2) is 4.79 Å². The van der Waals surface area contributed by atoms with Crippen molar-refractivity contribution in [3.63, 3.8) is 0 Å². The van der Waals surface area contributed by atoms with Crippen molar-refractivity contribution in [2.75, 3.05) is 11.9 Å². The number of carbonyl (C=O) groups is 2. The molecule has 1 aliphatic carbocycles. The molecule has 3 aromatic carbocycles. The van der Waals surface area contributed by atoms with Gasteiger partial charge >= 0.3 is 12.0 Å². The Hall–Kier alpha value is -4.00. The van der Waals surface area contributed by atoms with Gasteiger partial charge in [0.25, 0.3) is 0 Å². The van der Waals surface area contributed by atoms with Crippen LogP contribution in [0.15, 0.2) is 54.6 Å². The van der Waals surface area contributed by atoms with E-state index >= 15 is 0 Å². The van der Waals surface area contributed by atoms with Crippen LogP contribution in [0.4, 0.5) is 10.5 Å². The summed E-state index contributed by atoms with van der Waals surface area (Å²) in [5.74, 6) is 0.431. The van der Waals surface area contributed by atoms with Crippen LogP contribution in [0.5, 0.6) is 11.5 Å². The molecule has 0 aromatic heterocycles. The zero-order chi connectivity index (χ0) is 27.4. The standard InChI is InChI=1S/C32H36N2O5/c1-20-13-26(34-32(37)33-25-9-4-3-5-10-25)14-21(2)31(20)23-8-6-7-22(15-23)18-38-27-11-12-28-24(16-30(35)36)19-39-29(28)17-27/h6-8,11-15,17,24-25H,3-5,9-10,16,18-19H2,1-2H3,(H,35,36)(H2,33,34,37). The molecular weight excluding hydrogens is 492 g/mol. The maximum Gasteiger partial charge on any atom is 0.319 e. The van der Waals surface area contributed by atoms with Crippen LogP contribution in [0.25, 0.3) is 11.1 Å². The first kappa shape index (κ1) is 26.6. The lowest BCUT2D eigenvalue weighted by molar-refractivity contribution is -0.137. The van der Waals surface area contributed by atoms with Crippen LogP contribution in [0.1, 0.15) is 66.7 Å². The van der Waals surface area contributed by atoms with Gasteiger partial charge in [0.05, 0.1) is 13.0 Å². The summed E-state index contributed by atoms with van der Waals surface area (Å²) in [6.07, 6.45) is 5.78. The van der Waals surface area contributed by atoms with Gasteiger partial charge in [0.2, 0.25) is 0 Å². The number of aryl methyl sites for hydroxylation is 2. The molecule has 5 rings (SSSR count). The number of benzene rings is 3. The zero-order valence-electron chi connectivity index (χ0n) is 22.6. The van der Waals surface area contributed by atoms with Crippen LogP contribution in [0.2, 0.25) is 0 Å². The Morgan fingerprint density at radius 3 is 2.51 bits per heavy atom. The molecule has 1 fully saturated rings. The molecule has 1 aliphatic heterocycles. The molecule has 0 spiro atoms. The molecule has 0 saturated heterocycles. The van der Waals surface area contributed by atoms with E-state index in [4.69, 9.17) is 14.6 Å². The van der Waals surface area contributed by atoms with E-state index in [9.17, 15) is 9.59 Å². The number of anilines is 1. The van der Waals surface area contributed by atoms with Crippen molar-refractivity contribution in [3.05, 3.63) is 76.9 Å². The fourth-order valence-electron chi connectivity index (χ4n) is 5.80. The summed E-state index contributed by atoms with van der Waals surface area (Å²) in [6.45, 7) is 4.91. The average Bonchev–Trinajstić information content (AvgIpc) is 3.29. The van der Waals surface area contributed by atoms with E-state index in [1.807, 2.05) is 42.5 Å². The molecule has 204 valence electrons. The monoisotopic (exact) mass is 528 g/mol. The highest BCUT2D eigenvalue weighted by molar-refractivity contribution is 5.90. The molecule has 1 heterocycles. The second kappa shape index (κ2) is 11.8. The maximum absolute atomic E-state index is 12.5. The minimum Gasteiger partial charge on any atom is -0.492 e. The smallest absolute Gasteiger partial charge is 0.319 e. The summed E-state index contributed by atoms with van der Waals surface area (Å²) in [5, 5.41) is 15.2. The van der Waals surface area contributed by atoms with E-state index in [1.165, 1.54) is 19.3 Å². The van der Waals surface area contributed by atoms with Crippen LogP contribution in [-0.2, 0) is 11.4 Å². The van der Waals surface area contributed by atoms with E-state index < -0.39 is 5.97 Å². The van der Waals surface area contributed by atoms with Crippen molar-refractivity contribution < 1.29 is 24.2 Å². The number of carbonyl (C=O) groups excluding carboxylic acids is 1. The quantitative estimate of drug-likeness (QED) is 0.294. The van der Waals surface area contributed by atoms with Gasteiger partial charge < -0.3 is 25.2 Å². The molecule has 0 radical (unpaired) electrons. The normalized spacial score (nSPS) is 16.7. The molecule has 2 aliphatic rings. The fourth-order valence-corrected chi connectivity index (χ4v) is 5.80. The molecule has 1 unspecified atom stereocenters. The predicted octanol–water partition coefficient (Wildman–Crippen LogP) is 6.95. The third kappa shape index (κ3) is 6.53. The Morgan fingerprint density at radius 1 is 1.00 bits per heavy atom. The van der Waals surface area contributed by atoms with Gasteiger partial charge in [0, 0.05) is 29.3 Å². The lowest BCUT2D eigenvalue weighted by atomic mass is 9.94. The van der Waals surface area contributed by atoms with E-state index in [0.29, 0.717) is 24.7 Å². The highest BCUT2D eigenvalue weighted by Crippen LogP contribution is 2.38. The summed E-state index contributed by atoms with van der Waals surface area (Å²) >= 11 is 0. The number of ether oxygens (including phenoxy) is 2. The van der Waals surface area contributed by atoms with Crippen LogP contribution in [0.3, 0.4) is 0 Å². The molecule has 1 saturated carbocycles. The van der Waals surface area contributed by atoms with E-state index in [0.717, 1.165) is 51.9 Å². The van der Waals surface area contributed by atoms with Crippen LogP contribution < -0.4 is 20.1 Å². The van der Waals surface area contributed by atoms with Crippen molar-refractivity contribution in [1.82, 2.24) is 5.32 Å². The van der Waals surface area contributed by atoms with Crippen molar-refractivity contribution >= 4 is 17.7 Å². The highest BCUT2D eigenvalue weighted by Gasteiger charge is 2.26. The minimum absolute atomic E-state index is 0.0591. The number of hydrogen-bond acceptors (Lipinski definition) is 4. The molecule has 39 heavy (non-hydrogen) atoms. The Bertz CT molecular complexity index is 1340. The summed E-state index contributed by atoms with van der Waals surface area (Å²) in [4.78, 5) is 23.6. The zero-order valence-corrected chi connectivity index (χ0v) is 22.6. The summed E-state index contributed by atoms with van der Waals surface area (Å²) in [6, 6.07) is 18.1. The van der Waals surface area contributed by atoms with Gasteiger partial charge in [0.1, 0.15) is 18.1 Å². The fraction of sp³-hybridized carbons (Fsp3) is 0.375. The highest BCUT2D eigenvalue weighted by atomic mass is 16.5. The first-order chi connectivity index (χ1) is 18.9. The Kier molecular flexibility index (Phi) is 8.05. The molecular formula is C32H36N2O5. The number of fused-ring (bicyclic) bond motifs is 1. The number of urea groups is 1. The van der Waals surface area contributed by atoms with E-state index in [1.54, 1.807) is 0 Å². The van der Waals surface area contributed by atoms with Crippen LogP contribution in [0, 0.1) is 13.8 Å². The van der Waals surface area contributed by atoms with E-state index in [2.05, 4.69) is 36.6 Å². The van der Waals surface area contributed by atoms with Crippen LogP contribution >= 0.6 is 0 Å². The Morgan fingerprint density at radius 2 is 1.77 bits per heavy atom. The maximum atomic E-state index is 12.5. The van der Waals surface area contributed by atoms with E-state index in [-0.39, 0.29) is 24.4 Å². The summed E-state index contributed by atoms with van der Waals surface area (Å²) in [7, 11) is 0. The van der Waals surface area contributed by atoms with Gasteiger partial charge in [-0.15, -0.1) is 0 Å². The molecule has 0 bridgehead atoms. The number of amides is 2. The number of hydrogen-bond donors (Lipinski definition) is 3. The van der Waals surface area contributed by atoms with Crippen molar-refractivity contribution in [2.24, 2.45) is 0 Å². The second-order valence-electron chi connectivity index (χ2n) is 10.7. The summed E-state index contributed by atoms with van der Waals surface area (Å²) < 4.78 is 11.8. The van der Waals surface area contributed by atoms with Gasteiger partial charge in [-0.3, -0.25) is 4.79 Å². The first-order valence-corrected chi connectivity index (χ1v) is 13.7. The average molecular weight is 529 g/mol. The largest absolute Gasteiger partial charge is 0.492 e. The van der Waals surface area contributed by atoms with Crippen molar-refractivity contribution in [2.45, 2.75) is 70.9 Å². The van der Waals surface area contributed by atoms with Crippen molar-refractivity contribution in [3.8, 4) is 22.6 Å². The molecule has 1 atom stereocenters. The number of carboxylic acids is 1. The second-order valence-corrected chi connectivity index (χ2v) is 10.7.